The van der Waals surface area contributed by atoms with Gasteiger partial charge in [0.2, 0.25) is 0 Å². The average molecular weight is 591 g/mol. The fourth-order valence-electron chi connectivity index (χ4n) is 5.70. The van der Waals surface area contributed by atoms with Gasteiger partial charge >= 0.3 is 0 Å². The number of ether oxygens (including phenoxy) is 2. The van der Waals surface area contributed by atoms with E-state index < -0.39 is 0 Å². The lowest BCUT2D eigenvalue weighted by molar-refractivity contribution is 0.306. The number of thiazole rings is 1. The van der Waals surface area contributed by atoms with Gasteiger partial charge in [-0.1, -0.05) is 89.7 Å². The summed E-state index contributed by atoms with van der Waals surface area (Å²) in [6.07, 6.45) is 3.71. The summed E-state index contributed by atoms with van der Waals surface area (Å²) in [6.45, 7) is 0.386. The number of aromatic nitrogens is 1. The standard InChI is InChI=1S/C35H27ClN2O3S/c1-40-26-17-12-24(13-18-26)33-29-19-14-23-6-2-4-8-28(23)32(29)37-35-38(33)34(39)31(42-35)20-22-10-15-27(16-11-22)41-21-25-7-3-5-9-30(25)36/h2-13,15-18,20,33H,14,19,21H2,1H3/b31-20+/t33-/m0/s1. The molecule has 1 aromatic heterocycles. The second-order valence-electron chi connectivity index (χ2n) is 10.3. The molecule has 0 unspecified atom stereocenters. The van der Waals surface area contributed by atoms with E-state index in [9.17, 15) is 4.79 Å². The van der Waals surface area contributed by atoms with Crippen molar-refractivity contribution in [2.24, 2.45) is 4.99 Å². The van der Waals surface area contributed by atoms with E-state index in [0.29, 0.717) is 21.0 Å². The van der Waals surface area contributed by atoms with E-state index in [-0.39, 0.29) is 11.6 Å². The van der Waals surface area contributed by atoms with Crippen LogP contribution in [-0.2, 0) is 13.0 Å². The molecule has 4 aromatic carbocycles. The normalized spacial score (nSPS) is 15.9. The van der Waals surface area contributed by atoms with Gasteiger partial charge in [-0.05, 0) is 71.5 Å². The number of rotatable bonds is 6. The van der Waals surface area contributed by atoms with Gasteiger partial charge in [-0.2, -0.15) is 0 Å². The Morgan fingerprint density at radius 2 is 1.67 bits per heavy atom. The van der Waals surface area contributed by atoms with Crippen LogP contribution in [0.3, 0.4) is 0 Å². The van der Waals surface area contributed by atoms with Crippen molar-refractivity contribution in [3.8, 4) is 11.5 Å². The van der Waals surface area contributed by atoms with Crippen molar-refractivity contribution in [1.29, 1.82) is 0 Å². The van der Waals surface area contributed by atoms with Crippen molar-refractivity contribution in [2.45, 2.75) is 25.5 Å². The molecular weight excluding hydrogens is 564 g/mol. The molecule has 42 heavy (non-hydrogen) atoms. The predicted molar refractivity (Wildman–Crippen MR) is 168 cm³/mol. The van der Waals surface area contributed by atoms with Crippen LogP contribution in [0.15, 0.2) is 112 Å². The number of benzene rings is 4. The van der Waals surface area contributed by atoms with Crippen LogP contribution in [0.5, 0.6) is 11.5 Å². The summed E-state index contributed by atoms with van der Waals surface area (Å²) in [5.41, 5.74) is 7.48. The lowest BCUT2D eigenvalue weighted by Crippen LogP contribution is -2.38. The number of hydrogen-bond donors (Lipinski definition) is 0. The molecule has 208 valence electrons. The Labute approximate surface area is 252 Å². The van der Waals surface area contributed by atoms with Crippen molar-refractivity contribution in [3.05, 3.63) is 155 Å². The van der Waals surface area contributed by atoms with Crippen LogP contribution in [0.4, 0.5) is 0 Å². The minimum absolute atomic E-state index is 0.0379. The highest BCUT2D eigenvalue weighted by Gasteiger charge is 2.32. The molecule has 2 aliphatic rings. The summed E-state index contributed by atoms with van der Waals surface area (Å²) in [6, 6.07) is 31.6. The quantitative estimate of drug-likeness (QED) is 0.225. The van der Waals surface area contributed by atoms with Crippen LogP contribution in [-0.4, -0.2) is 11.7 Å². The highest BCUT2D eigenvalue weighted by atomic mass is 35.5. The van der Waals surface area contributed by atoms with E-state index in [1.165, 1.54) is 22.5 Å². The molecule has 5 aromatic rings. The highest BCUT2D eigenvalue weighted by Crippen LogP contribution is 2.41. The highest BCUT2D eigenvalue weighted by molar-refractivity contribution is 7.07. The molecule has 0 saturated carbocycles. The first-order chi connectivity index (χ1) is 20.6. The zero-order chi connectivity index (χ0) is 28.6. The lowest BCUT2D eigenvalue weighted by atomic mass is 9.83. The maximum absolute atomic E-state index is 14.0. The number of aryl methyl sites for hydroxylation is 1. The summed E-state index contributed by atoms with van der Waals surface area (Å²) in [5, 5.41) is 0.683. The Bertz CT molecular complexity index is 2010. The number of hydrogen-bond acceptors (Lipinski definition) is 5. The topological polar surface area (TPSA) is 52.8 Å². The molecule has 7 rings (SSSR count). The Morgan fingerprint density at radius 3 is 2.45 bits per heavy atom. The summed E-state index contributed by atoms with van der Waals surface area (Å²) in [4.78, 5) is 19.8. The largest absolute Gasteiger partial charge is 0.497 e. The van der Waals surface area contributed by atoms with Crippen LogP contribution in [0, 0.1) is 0 Å². The first kappa shape index (κ1) is 26.5. The second kappa shape index (κ2) is 11.1. The van der Waals surface area contributed by atoms with Crippen LogP contribution in [0.25, 0.3) is 11.8 Å². The molecule has 0 fully saturated rings. The summed E-state index contributed by atoms with van der Waals surface area (Å²) in [7, 11) is 1.66. The molecule has 0 radical (unpaired) electrons. The molecule has 2 heterocycles. The zero-order valence-electron chi connectivity index (χ0n) is 22.9. The molecule has 7 heteroatoms. The van der Waals surface area contributed by atoms with E-state index >= 15 is 0 Å². The number of fused-ring (bicyclic) bond motifs is 3. The Morgan fingerprint density at radius 1 is 0.929 bits per heavy atom. The van der Waals surface area contributed by atoms with Gasteiger partial charge in [-0.3, -0.25) is 9.36 Å². The first-order valence-electron chi connectivity index (χ1n) is 13.8. The fourth-order valence-corrected chi connectivity index (χ4v) is 6.89. The van der Waals surface area contributed by atoms with E-state index in [4.69, 9.17) is 26.1 Å². The van der Waals surface area contributed by atoms with E-state index in [1.807, 2.05) is 71.3 Å². The molecular formula is C35H27ClN2O3S. The van der Waals surface area contributed by atoms with E-state index in [1.54, 1.807) is 7.11 Å². The fraction of sp³-hybridized carbons (Fsp3) is 0.143. The van der Waals surface area contributed by atoms with Crippen LogP contribution in [0.1, 0.15) is 40.3 Å². The Kier molecular flexibility index (Phi) is 7.02. The minimum atomic E-state index is -0.224. The van der Waals surface area contributed by atoms with E-state index in [2.05, 4.69) is 36.4 Å². The molecule has 1 atom stereocenters. The number of methoxy groups -OCH3 is 1. The Hall–Kier alpha value is -4.39. The van der Waals surface area contributed by atoms with Crippen LogP contribution in [0.2, 0.25) is 5.02 Å². The first-order valence-corrected chi connectivity index (χ1v) is 15.0. The van der Waals surface area contributed by atoms with Gasteiger partial charge in [-0.15, -0.1) is 0 Å². The number of allylic oxidation sites excluding steroid dienone is 1. The number of halogens is 1. The molecule has 0 saturated heterocycles. The van der Waals surface area contributed by atoms with Gasteiger partial charge < -0.3 is 9.47 Å². The molecule has 0 N–H and O–H groups in total. The van der Waals surface area contributed by atoms with Gasteiger partial charge in [0.25, 0.3) is 5.56 Å². The van der Waals surface area contributed by atoms with Gasteiger partial charge in [0.05, 0.1) is 23.4 Å². The molecule has 1 aliphatic heterocycles. The third-order valence-corrected chi connectivity index (χ3v) is 9.19. The van der Waals surface area contributed by atoms with Crippen molar-refractivity contribution in [2.75, 3.05) is 7.11 Å². The summed E-state index contributed by atoms with van der Waals surface area (Å²) < 4.78 is 13.9. The molecule has 0 spiro atoms. The summed E-state index contributed by atoms with van der Waals surface area (Å²) in [5.74, 6) is 1.52. The van der Waals surface area contributed by atoms with Crippen LogP contribution >= 0.6 is 22.9 Å². The lowest BCUT2D eigenvalue weighted by Gasteiger charge is -2.30. The van der Waals surface area contributed by atoms with Gasteiger partial charge in [0.15, 0.2) is 4.80 Å². The Balaban J connectivity index is 1.27. The zero-order valence-corrected chi connectivity index (χ0v) is 24.5. The average Bonchev–Trinajstić information content (AvgIpc) is 3.34. The van der Waals surface area contributed by atoms with Crippen molar-refractivity contribution in [3.63, 3.8) is 0 Å². The molecule has 0 amide bonds. The second-order valence-corrected chi connectivity index (χ2v) is 11.8. The van der Waals surface area contributed by atoms with Gasteiger partial charge in [0, 0.05) is 16.1 Å². The third-order valence-electron chi connectivity index (χ3n) is 7.83. The smallest absolute Gasteiger partial charge is 0.271 e. The van der Waals surface area contributed by atoms with Crippen molar-refractivity contribution < 1.29 is 9.47 Å². The molecule has 1 aliphatic carbocycles. The maximum Gasteiger partial charge on any atom is 0.271 e. The molecule has 5 nitrogen and oxygen atoms in total. The van der Waals surface area contributed by atoms with E-state index in [0.717, 1.165) is 52.3 Å². The van der Waals surface area contributed by atoms with Crippen molar-refractivity contribution >= 4 is 34.7 Å². The third kappa shape index (κ3) is 4.87. The predicted octanol–water partition coefficient (Wildman–Crippen LogP) is 6.56. The van der Waals surface area contributed by atoms with Gasteiger partial charge in [0.1, 0.15) is 18.1 Å². The maximum atomic E-state index is 14.0. The van der Waals surface area contributed by atoms with Crippen LogP contribution < -0.4 is 24.4 Å². The molecule has 0 bridgehead atoms. The summed E-state index contributed by atoms with van der Waals surface area (Å²) >= 11 is 7.69. The van der Waals surface area contributed by atoms with Crippen molar-refractivity contribution in [1.82, 2.24) is 4.57 Å². The monoisotopic (exact) mass is 590 g/mol. The minimum Gasteiger partial charge on any atom is -0.497 e. The van der Waals surface area contributed by atoms with Gasteiger partial charge in [-0.25, -0.2) is 4.99 Å². The SMILES string of the molecule is COc1ccc([C@H]2C3=C(N=c4s/c(=C/c5ccc(OCc6ccccc6Cl)cc5)c(=O)n42)c2ccccc2CC3)cc1. The number of nitrogens with zero attached hydrogens (tertiary/aromatic N) is 2.